The third-order valence-electron chi connectivity index (χ3n) is 3.35. The smallest absolute Gasteiger partial charge is 0.113 e. The number of rotatable bonds is 5. The number of nitrogens with zero attached hydrogens (tertiary/aromatic N) is 3. The van der Waals surface area contributed by atoms with Crippen molar-refractivity contribution in [3.05, 3.63) is 54.1 Å². The van der Waals surface area contributed by atoms with E-state index in [-0.39, 0.29) is 0 Å². The zero-order chi connectivity index (χ0) is 13.8. The van der Waals surface area contributed by atoms with Crippen LogP contribution in [-0.2, 0) is 6.54 Å². The van der Waals surface area contributed by atoms with Crippen LogP contribution < -0.4 is 5.32 Å². The highest BCUT2D eigenvalue weighted by Crippen LogP contribution is 2.11. The summed E-state index contributed by atoms with van der Waals surface area (Å²) >= 11 is 0. The molecule has 3 aromatic rings. The quantitative estimate of drug-likeness (QED) is 0.721. The highest BCUT2D eigenvalue weighted by Gasteiger charge is 2.02. The van der Waals surface area contributed by atoms with Gasteiger partial charge in [-0.15, -0.1) is 5.10 Å². The largest absolute Gasteiger partial charge is 0.385 e. The molecule has 0 aliphatic heterocycles. The predicted octanol–water partition coefficient (Wildman–Crippen LogP) is 3.24. The minimum atomic E-state index is 0.874. The molecule has 0 amide bonds. The molecule has 2 aromatic carbocycles. The summed E-state index contributed by atoms with van der Waals surface area (Å²) in [5, 5.41) is 11.8. The highest BCUT2D eigenvalue weighted by molar-refractivity contribution is 5.73. The van der Waals surface area contributed by atoms with Crippen LogP contribution in [-0.4, -0.2) is 21.5 Å². The molecule has 3 rings (SSSR count). The lowest BCUT2D eigenvalue weighted by atomic mass is 10.2. The molecular formula is C16H18N4. The molecule has 1 heterocycles. The maximum atomic E-state index is 4.19. The van der Waals surface area contributed by atoms with Crippen LogP contribution in [0.2, 0.25) is 0 Å². The fourth-order valence-electron chi connectivity index (χ4n) is 2.22. The van der Waals surface area contributed by atoms with Crippen LogP contribution >= 0.6 is 0 Å². The molecule has 0 spiro atoms. The summed E-state index contributed by atoms with van der Waals surface area (Å²) in [5.74, 6) is 0. The summed E-state index contributed by atoms with van der Waals surface area (Å²) in [4.78, 5) is 0. The minimum Gasteiger partial charge on any atom is -0.385 e. The molecule has 0 saturated heterocycles. The Hall–Kier alpha value is -2.36. The average Bonchev–Trinajstić information content (AvgIpc) is 2.89. The molecule has 1 aromatic heterocycles. The summed E-state index contributed by atoms with van der Waals surface area (Å²) in [6, 6.07) is 16.5. The standard InChI is InChI=1S/C16H18N4/c1-13-7-9-14(10-8-13)17-11-4-12-20-16-6-3-2-5-15(16)18-19-20/h2-3,5-10,17H,4,11-12H2,1H3. The van der Waals surface area contributed by atoms with Crippen molar-refractivity contribution in [2.24, 2.45) is 0 Å². The van der Waals surface area contributed by atoms with Gasteiger partial charge in [0.05, 0.1) is 5.52 Å². The number of para-hydroxylation sites is 1. The van der Waals surface area contributed by atoms with E-state index in [0.29, 0.717) is 0 Å². The van der Waals surface area contributed by atoms with Gasteiger partial charge in [-0.2, -0.15) is 0 Å². The number of fused-ring (bicyclic) bond motifs is 1. The second kappa shape index (κ2) is 5.74. The molecule has 102 valence electrons. The fourth-order valence-corrected chi connectivity index (χ4v) is 2.22. The van der Waals surface area contributed by atoms with E-state index in [4.69, 9.17) is 0 Å². The molecule has 0 radical (unpaired) electrons. The summed E-state index contributed by atoms with van der Waals surface area (Å²) in [5.41, 5.74) is 4.51. The Morgan fingerprint density at radius 3 is 2.70 bits per heavy atom. The maximum absolute atomic E-state index is 4.19. The molecule has 0 aliphatic rings. The van der Waals surface area contributed by atoms with Crippen LogP contribution in [0.3, 0.4) is 0 Å². The topological polar surface area (TPSA) is 42.7 Å². The third kappa shape index (κ3) is 2.79. The van der Waals surface area contributed by atoms with Crippen molar-refractivity contribution in [3.8, 4) is 0 Å². The van der Waals surface area contributed by atoms with E-state index in [2.05, 4.69) is 52.9 Å². The Morgan fingerprint density at radius 1 is 1.05 bits per heavy atom. The van der Waals surface area contributed by atoms with Gasteiger partial charge in [0.15, 0.2) is 0 Å². The van der Waals surface area contributed by atoms with Gasteiger partial charge in [-0.1, -0.05) is 35.0 Å². The van der Waals surface area contributed by atoms with Gasteiger partial charge >= 0.3 is 0 Å². The van der Waals surface area contributed by atoms with Crippen molar-refractivity contribution in [2.75, 3.05) is 11.9 Å². The van der Waals surface area contributed by atoms with Crippen LogP contribution in [0.5, 0.6) is 0 Å². The van der Waals surface area contributed by atoms with Gasteiger partial charge in [-0.05, 0) is 37.6 Å². The van der Waals surface area contributed by atoms with Crippen molar-refractivity contribution >= 4 is 16.7 Å². The summed E-state index contributed by atoms with van der Waals surface area (Å²) < 4.78 is 1.96. The Bertz CT molecular complexity index is 685. The molecule has 20 heavy (non-hydrogen) atoms. The maximum Gasteiger partial charge on any atom is 0.113 e. The Kier molecular flexibility index (Phi) is 3.63. The first-order valence-electron chi connectivity index (χ1n) is 6.92. The van der Waals surface area contributed by atoms with E-state index >= 15 is 0 Å². The van der Waals surface area contributed by atoms with Crippen LogP contribution in [0, 0.1) is 6.92 Å². The fraction of sp³-hybridized carbons (Fsp3) is 0.250. The lowest BCUT2D eigenvalue weighted by Crippen LogP contribution is -2.07. The van der Waals surface area contributed by atoms with Gasteiger partial charge in [0.25, 0.3) is 0 Å². The molecule has 4 heteroatoms. The molecule has 0 atom stereocenters. The number of anilines is 1. The van der Waals surface area contributed by atoms with Crippen molar-refractivity contribution in [1.82, 2.24) is 15.0 Å². The minimum absolute atomic E-state index is 0.874. The number of hydrogen-bond donors (Lipinski definition) is 1. The van der Waals surface area contributed by atoms with Gasteiger partial charge in [-0.3, -0.25) is 0 Å². The molecule has 0 aliphatic carbocycles. The molecule has 0 fully saturated rings. The normalized spacial score (nSPS) is 10.8. The number of aryl methyl sites for hydroxylation is 2. The predicted molar refractivity (Wildman–Crippen MR) is 81.8 cm³/mol. The van der Waals surface area contributed by atoms with E-state index < -0.39 is 0 Å². The van der Waals surface area contributed by atoms with Crippen molar-refractivity contribution in [1.29, 1.82) is 0 Å². The molecule has 0 unspecified atom stereocenters. The van der Waals surface area contributed by atoms with E-state index in [0.717, 1.165) is 30.5 Å². The lowest BCUT2D eigenvalue weighted by Gasteiger charge is -2.07. The first kappa shape index (κ1) is 12.7. The van der Waals surface area contributed by atoms with Crippen LogP contribution in [0.1, 0.15) is 12.0 Å². The zero-order valence-corrected chi connectivity index (χ0v) is 11.6. The van der Waals surface area contributed by atoms with E-state index in [1.165, 1.54) is 11.3 Å². The molecule has 0 bridgehead atoms. The van der Waals surface area contributed by atoms with Gasteiger partial charge < -0.3 is 5.32 Å². The Labute approximate surface area is 118 Å². The Balaban J connectivity index is 1.54. The molecular weight excluding hydrogens is 248 g/mol. The Morgan fingerprint density at radius 2 is 1.85 bits per heavy atom. The lowest BCUT2D eigenvalue weighted by molar-refractivity contribution is 0.586. The van der Waals surface area contributed by atoms with E-state index in [9.17, 15) is 0 Å². The van der Waals surface area contributed by atoms with Gasteiger partial charge in [0, 0.05) is 18.8 Å². The number of benzene rings is 2. The second-order valence-electron chi connectivity index (χ2n) is 4.95. The van der Waals surface area contributed by atoms with E-state index in [1.54, 1.807) is 0 Å². The molecule has 4 nitrogen and oxygen atoms in total. The monoisotopic (exact) mass is 266 g/mol. The average molecular weight is 266 g/mol. The van der Waals surface area contributed by atoms with Gasteiger partial charge in [0.1, 0.15) is 5.52 Å². The van der Waals surface area contributed by atoms with Crippen molar-refractivity contribution in [2.45, 2.75) is 19.9 Å². The molecule has 1 N–H and O–H groups in total. The van der Waals surface area contributed by atoms with E-state index in [1.807, 2.05) is 22.9 Å². The van der Waals surface area contributed by atoms with Crippen LogP contribution in [0.15, 0.2) is 48.5 Å². The SMILES string of the molecule is Cc1ccc(NCCCn2nnc3ccccc32)cc1. The summed E-state index contributed by atoms with van der Waals surface area (Å²) in [6.45, 7) is 3.90. The highest BCUT2D eigenvalue weighted by atomic mass is 15.4. The number of aromatic nitrogens is 3. The second-order valence-corrected chi connectivity index (χ2v) is 4.95. The number of hydrogen-bond acceptors (Lipinski definition) is 3. The summed E-state index contributed by atoms with van der Waals surface area (Å²) in [7, 11) is 0. The van der Waals surface area contributed by atoms with Crippen LogP contribution in [0.25, 0.3) is 11.0 Å². The van der Waals surface area contributed by atoms with Crippen molar-refractivity contribution < 1.29 is 0 Å². The first-order chi connectivity index (χ1) is 9.83. The summed E-state index contributed by atoms with van der Waals surface area (Å²) in [6.07, 6.45) is 1.02. The van der Waals surface area contributed by atoms with Gasteiger partial charge in [-0.25, -0.2) is 4.68 Å². The third-order valence-corrected chi connectivity index (χ3v) is 3.35. The molecule has 0 saturated carbocycles. The first-order valence-corrected chi connectivity index (χ1v) is 6.92. The van der Waals surface area contributed by atoms with Crippen molar-refractivity contribution in [3.63, 3.8) is 0 Å². The van der Waals surface area contributed by atoms with Gasteiger partial charge in [0.2, 0.25) is 0 Å². The van der Waals surface area contributed by atoms with Crippen LogP contribution in [0.4, 0.5) is 5.69 Å². The number of nitrogens with one attached hydrogen (secondary N) is 1. The zero-order valence-electron chi connectivity index (χ0n) is 11.6.